The van der Waals surface area contributed by atoms with E-state index in [1.54, 1.807) is 21.3 Å². The topological polar surface area (TPSA) is 70.8 Å². The van der Waals surface area contributed by atoms with Gasteiger partial charge in [-0.1, -0.05) is 6.07 Å². The van der Waals surface area contributed by atoms with Crippen LogP contribution in [0.15, 0.2) is 54.7 Å². The maximum atomic E-state index is 5.40. The van der Waals surface area contributed by atoms with E-state index >= 15 is 0 Å². The van der Waals surface area contributed by atoms with Crippen LogP contribution in [-0.4, -0.2) is 40.9 Å². The van der Waals surface area contributed by atoms with Crippen LogP contribution < -0.4 is 14.2 Å². The van der Waals surface area contributed by atoms with Crippen molar-refractivity contribution < 1.29 is 14.2 Å². The van der Waals surface area contributed by atoms with E-state index in [1.807, 2.05) is 59.1 Å². The maximum Gasteiger partial charge on any atom is 0.213 e. The molecule has 0 spiro atoms. The maximum absolute atomic E-state index is 5.40. The lowest BCUT2D eigenvalue weighted by molar-refractivity contribution is 0.355. The molecule has 0 bridgehead atoms. The summed E-state index contributed by atoms with van der Waals surface area (Å²) in [5, 5.41) is 8.59. The summed E-state index contributed by atoms with van der Waals surface area (Å²) in [6.45, 7) is 0. The van der Waals surface area contributed by atoms with Crippen LogP contribution in [0.5, 0.6) is 17.4 Å². The molecule has 0 aliphatic carbocycles. The highest BCUT2D eigenvalue weighted by molar-refractivity contribution is 5.67. The van der Waals surface area contributed by atoms with Gasteiger partial charge in [0.25, 0.3) is 0 Å². The fraction of sp³-hybridized carbons (Fsp3) is 0.150. The van der Waals surface area contributed by atoms with Crippen LogP contribution in [0.25, 0.3) is 28.3 Å². The summed E-state index contributed by atoms with van der Waals surface area (Å²) in [4.78, 5) is 4.49. The smallest absolute Gasteiger partial charge is 0.213 e. The summed E-state index contributed by atoms with van der Waals surface area (Å²) in [6.07, 6.45) is 1.96. The molecule has 4 aromatic rings. The summed E-state index contributed by atoms with van der Waals surface area (Å²) in [5.74, 6) is 2.57. The molecular weight excluding hydrogens is 344 g/mol. The van der Waals surface area contributed by atoms with Crippen LogP contribution in [0.3, 0.4) is 0 Å². The van der Waals surface area contributed by atoms with Gasteiger partial charge in [-0.3, -0.25) is 4.40 Å². The predicted molar refractivity (Wildman–Crippen MR) is 101 cm³/mol. The summed E-state index contributed by atoms with van der Waals surface area (Å²) >= 11 is 0. The molecule has 0 radical (unpaired) electrons. The number of hydrogen-bond donors (Lipinski definition) is 0. The fourth-order valence-electron chi connectivity index (χ4n) is 2.90. The highest BCUT2D eigenvalue weighted by Crippen LogP contribution is 2.32. The van der Waals surface area contributed by atoms with Gasteiger partial charge in [-0.25, -0.2) is 4.98 Å². The van der Waals surface area contributed by atoms with Crippen molar-refractivity contribution in [3.8, 4) is 40.0 Å². The van der Waals surface area contributed by atoms with Gasteiger partial charge in [0.15, 0.2) is 23.0 Å². The first-order chi connectivity index (χ1) is 13.2. The van der Waals surface area contributed by atoms with Gasteiger partial charge in [-0.2, -0.15) is 0 Å². The molecule has 1 aromatic carbocycles. The third kappa shape index (κ3) is 3.03. The van der Waals surface area contributed by atoms with Crippen molar-refractivity contribution in [2.75, 3.05) is 21.3 Å². The minimum absolute atomic E-state index is 0.566. The van der Waals surface area contributed by atoms with E-state index in [9.17, 15) is 0 Å². The number of methoxy groups -OCH3 is 3. The monoisotopic (exact) mass is 362 g/mol. The second-order valence-electron chi connectivity index (χ2n) is 5.80. The van der Waals surface area contributed by atoms with E-state index < -0.39 is 0 Å². The second-order valence-corrected chi connectivity index (χ2v) is 5.80. The molecule has 27 heavy (non-hydrogen) atoms. The molecule has 0 aliphatic rings. The molecular formula is C20H18N4O3. The van der Waals surface area contributed by atoms with Crippen molar-refractivity contribution in [1.29, 1.82) is 0 Å². The average Bonchev–Trinajstić information content (AvgIpc) is 3.16. The first-order valence-corrected chi connectivity index (χ1v) is 8.32. The lowest BCUT2D eigenvalue weighted by Crippen LogP contribution is -1.95. The van der Waals surface area contributed by atoms with Crippen molar-refractivity contribution in [3.63, 3.8) is 0 Å². The predicted octanol–water partition coefficient (Wildman–Crippen LogP) is 3.48. The highest BCUT2D eigenvalue weighted by Gasteiger charge is 2.13. The highest BCUT2D eigenvalue weighted by atomic mass is 16.5. The van der Waals surface area contributed by atoms with Crippen LogP contribution >= 0.6 is 0 Å². The number of nitrogens with zero attached hydrogens (tertiary/aromatic N) is 4. The lowest BCUT2D eigenvalue weighted by atomic mass is 10.1. The largest absolute Gasteiger partial charge is 0.493 e. The SMILES string of the molecule is COc1cccc(-c2ccc3nnc(-c4ccc(OC)c(OC)c4)n3c2)n1. The Labute approximate surface area is 156 Å². The number of benzene rings is 1. The van der Waals surface area contributed by atoms with Crippen molar-refractivity contribution in [1.82, 2.24) is 19.6 Å². The standard InChI is InChI=1S/C20H18N4O3/c1-25-16-9-7-13(11-17(16)26-2)20-23-22-18-10-8-14(12-24(18)20)15-5-4-6-19(21-15)27-3/h4-12H,1-3H3. The molecule has 3 heterocycles. The minimum Gasteiger partial charge on any atom is -0.493 e. The Hall–Kier alpha value is -3.61. The van der Waals surface area contributed by atoms with Crippen LogP contribution in [-0.2, 0) is 0 Å². The van der Waals surface area contributed by atoms with Crippen LogP contribution in [0.1, 0.15) is 0 Å². The average molecular weight is 362 g/mol. The molecule has 0 aliphatic heterocycles. The number of hydrogen-bond acceptors (Lipinski definition) is 6. The van der Waals surface area contributed by atoms with Gasteiger partial charge in [-0.15, -0.1) is 10.2 Å². The summed E-state index contributed by atoms with van der Waals surface area (Å²) in [6, 6.07) is 15.2. The molecule has 0 atom stereocenters. The van der Waals surface area contributed by atoms with E-state index in [1.165, 1.54) is 0 Å². The Morgan fingerprint density at radius 2 is 1.59 bits per heavy atom. The van der Waals surface area contributed by atoms with Gasteiger partial charge in [-0.05, 0) is 36.4 Å². The molecule has 0 saturated carbocycles. The molecule has 0 unspecified atom stereocenters. The molecule has 0 fully saturated rings. The van der Waals surface area contributed by atoms with Gasteiger partial charge < -0.3 is 14.2 Å². The molecule has 0 saturated heterocycles. The number of ether oxygens (including phenoxy) is 3. The normalized spacial score (nSPS) is 10.8. The zero-order chi connectivity index (χ0) is 18.8. The number of rotatable bonds is 5. The zero-order valence-electron chi connectivity index (χ0n) is 15.2. The fourth-order valence-corrected chi connectivity index (χ4v) is 2.90. The van der Waals surface area contributed by atoms with Crippen molar-refractivity contribution >= 4 is 5.65 Å². The Morgan fingerprint density at radius 1 is 0.778 bits per heavy atom. The molecule has 136 valence electrons. The van der Waals surface area contributed by atoms with E-state index in [-0.39, 0.29) is 0 Å². The van der Waals surface area contributed by atoms with Gasteiger partial charge in [0.05, 0.1) is 27.0 Å². The van der Waals surface area contributed by atoms with Crippen molar-refractivity contribution in [3.05, 3.63) is 54.7 Å². The molecule has 0 N–H and O–H groups in total. The van der Waals surface area contributed by atoms with E-state index in [0.29, 0.717) is 23.2 Å². The van der Waals surface area contributed by atoms with Crippen molar-refractivity contribution in [2.45, 2.75) is 0 Å². The Balaban J connectivity index is 1.83. The Bertz CT molecular complexity index is 1110. The molecule has 0 amide bonds. The quantitative estimate of drug-likeness (QED) is 0.541. The summed E-state index contributed by atoms with van der Waals surface area (Å²) < 4.78 is 17.9. The Kier molecular flexibility index (Phi) is 4.33. The number of fused-ring (bicyclic) bond motifs is 1. The number of aromatic nitrogens is 4. The molecule has 7 nitrogen and oxygen atoms in total. The first-order valence-electron chi connectivity index (χ1n) is 8.32. The second kappa shape index (κ2) is 6.95. The van der Waals surface area contributed by atoms with Gasteiger partial charge in [0, 0.05) is 23.4 Å². The summed E-state index contributed by atoms with van der Waals surface area (Å²) in [5.41, 5.74) is 3.36. The lowest BCUT2D eigenvalue weighted by Gasteiger charge is -2.09. The summed E-state index contributed by atoms with van der Waals surface area (Å²) in [7, 11) is 4.82. The van der Waals surface area contributed by atoms with Gasteiger partial charge in [0.1, 0.15) is 0 Å². The van der Waals surface area contributed by atoms with Crippen LogP contribution in [0.4, 0.5) is 0 Å². The van der Waals surface area contributed by atoms with Crippen LogP contribution in [0.2, 0.25) is 0 Å². The van der Waals surface area contributed by atoms with Crippen molar-refractivity contribution in [2.24, 2.45) is 0 Å². The van der Waals surface area contributed by atoms with E-state index in [0.717, 1.165) is 22.5 Å². The number of pyridine rings is 2. The van der Waals surface area contributed by atoms with Gasteiger partial charge in [0.2, 0.25) is 5.88 Å². The molecule has 3 aromatic heterocycles. The van der Waals surface area contributed by atoms with Crippen LogP contribution in [0, 0.1) is 0 Å². The first kappa shape index (κ1) is 16.8. The molecule has 7 heteroatoms. The Morgan fingerprint density at radius 3 is 2.37 bits per heavy atom. The third-order valence-electron chi connectivity index (χ3n) is 4.27. The molecule has 4 rings (SSSR count). The van der Waals surface area contributed by atoms with Gasteiger partial charge >= 0.3 is 0 Å². The van der Waals surface area contributed by atoms with E-state index in [2.05, 4.69) is 15.2 Å². The minimum atomic E-state index is 0.566. The third-order valence-corrected chi connectivity index (χ3v) is 4.27. The van der Waals surface area contributed by atoms with E-state index in [4.69, 9.17) is 14.2 Å². The zero-order valence-corrected chi connectivity index (χ0v) is 15.2.